The van der Waals surface area contributed by atoms with Crippen LogP contribution in [0.3, 0.4) is 0 Å². The van der Waals surface area contributed by atoms with E-state index in [1.54, 1.807) is 19.2 Å². The summed E-state index contributed by atoms with van der Waals surface area (Å²) in [6, 6.07) is 16.5. The molecule has 0 aliphatic heterocycles. The van der Waals surface area contributed by atoms with Crippen LogP contribution in [0, 0.1) is 0 Å². The van der Waals surface area contributed by atoms with Crippen molar-refractivity contribution in [2.45, 2.75) is 19.7 Å². The summed E-state index contributed by atoms with van der Waals surface area (Å²) < 4.78 is 28.8. The number of guanidine groups is 1. The van der Waals surface area contributed by atoms with Crippen molar-refractivity contribution in [1.82, 2.24) is 10.6 Å². The predicted octanol–water partition coefficient (Wildman–Crippen LogP) is 3.15. The van der Waals surface area contributed by atoms with E-state index in [0.717, 1.165) is 11.1 Å². The Kier molecular flexibility index (Phi) is 6.35. The molecule has 2 N–H and O–H groups in total. The lowest BCUT2D eigenvalue weighted by atomic mass is 10.2. The minimum atomic E-state index is -2.82. The smallest absolute Gasteiger partial charge is 0.387 e. The first-order valence-corrected chi connectivity index (χ1v) is 7.19. The number of ether oxygens (including phenoxy) is 1. The second kappa shape index (κ2) is 8.73. The topological polar surface area (TPSA) is 45.7 Å². The molecule has 0 aliphatic rings. The Balaban J connectivity index is 1.85. The number of nitrogens with zero attached hydrogens (tertiary/aromatic N) is 1. The van der Waals surface area contributed by atoms with Gasteiger partial charge in [0.05, 0.1) is 0 Å². The van der Waals surface area contributed by atoms with E-state index in [1.165, 1.54) is 6.07 Å². The molecule has 0 unspecified atom stereocenters. The Morgan fingerprint density at radius 2 is 1.65 bits per heavy atom. The first-order chi connectivity index (χ1) is 11.2. The normalized spacial score (nSPS) is 11.4. The number of rotatable bonds is 6. The van der Waals surface area contributed by atoms with Crippen molar-refractivity contribution < 1.29 is 13.5 Å². The summed E-state index contributed by atoms with van der Waals surface area (Å²) in [6.07, 6.45) is 0. The monoisotopic (exact) mass is 319 g/mol. The first kappa shape index (κ1) is 16.7. The molecule has 2 rings (SSSR count). The second-order valence-corrected chi connectivity index (χ2v) is 4.79. The SMILES string of the molecule is CN=C(NCc1ccccc1)NCc1cccc(OC(F)F)c1. The number of alkyl halides is 2. The molecule has 23 heavy (non-hydrogen) atoms. The highest BCUT2D eigenvalue weighted by atomic mass is 19.3. The molecule has 2 aromatic rings. The lowest BCUT2D eigenvalue weighted by molar-refractivity contribution is -0.0498. The fourth-order valence-electron chi connectivity index (χ4n) is 2.02. The standard InChI is InChI=1S/C17H19F2N3O/c1-20-17(21-11-13-6-3-2-4-7-13)22-12-14-8-5-9-15(10-14)23-16(18)19/h2-10,16H,11-12H2,1H3,(H2,20,21,22). The first-order valence-electron chi connectivity index (χ1n) is 7.19. The van der Waals surface area contributed by atoms with Gasteiger partial charge < -0.3 is 15.4 Å². The highest BCUT2D eigenvalue weighted by Crippen LogP contribution is 2.15. The highest BCUT2D eigenvalue weighted by Gasteiger charge is 2.05. The van der Waals surface area contributed by atoms with Crippen LogP contribution in [-0.2, 0) is 13.1 Å². The maximum absolute atomic E-state index is 12.2. The van der Waals surface area contributed by atoms with Crippen molar-refractivity contribution in [2.75, 3.05) is 7.05 Å². The van der Waals surface area contributed by atoms with Crippen molar-refractivity contribution in [3.8, 4) is 5.75 Å². The molecule has 122 valence electrons. The molecule has 0 fully saturated rings. The van der Waals surface area contributed by atoms with Gasteiger partial charge in [0, 0.05) is 20.1 Å². The lowest BCUT2D eigenvalue weighted by Gasteiger charge is -2.12. The van der Waals surface area contributed by atoms with Crippen LogP contribution in [0.1, 0.15) is 11.1 Å². The van der Waals surface area contributed by atoms with Gasteiger partial charge in [0.25, 0.3) is 0 Å². The van der Waals surface area contributed by atoms with Crippen LogP contribution in [-0.4, -0.2) is 19.6 Å². The molecule has 0 spiro atoms. The van der Waals surface area contributed by atoms with Crippen molar-refractivity contribution in [2.24, 2.45) is 4.99 Å². The summed E-state index contributed by atoms with van der Waals surface area (Å²) >= 11 is 0. The fourth-order valence-corrected chi connectivity index (χ4v) is 2.02. The number of aliphatic imine (C=N–C) groups is 1. The Morgan fingerprint density at radius 1 is 1.00 bits per heavy atom. The van der Waals surface area contributed by atoms with E-state index in [2.05, 4.69) is 20.4 Å². The van der Waals surface area contributed by atoms with Gasteiger partial charge in [-0.2, -0.15) is 8.78 Å². The van der Waals surface area contributed by atoms with Crippen molar-refractivity contribution in [1.29, 1.82) is 0 Å². The summed E-state index contributed by atoms with van der Waals surface area (Å²) in [5.41, 5.74) is 1.97. The van der Waals surface area contributed by atoms with E-state index in [9.17, 15) is 8.78 Å². The Bertz CT molecular complexity index is 633. The van der Waals surface area contributed by atoms with E-state index >= 15 is 0 Å². The van der Waals surface area contributed by atoms with Crippen molar-refractivity contribution >= 4 is 5.96 Å². The summed E-state index contributed by atoms with van der Waals surface area (Å²) in [5, 5.41) is 6.32. The van der Waals surface area contributed by atoms with E-state index in [1.807, 2.05) is 36.4 Å². The molecule has 4 nitrogen and oxygen atoms in total. The van der Waals surface area contributed by atoms with Crippen LogP contribution in [0.2, 0.25) is 0 Å². The number of benzene rings is 2. The van der Waals surface area contributed by atoms with Gasteiger partial charge in [0.1, 0.15) is 5.75 Å². The molecule has 2 aromatic carbocycles. The van der Waals surface area contributed by atoms with Crippen LogP contribution < -0.4 is 15.4 Å². The summed E-state index contributed by atoms with van der Waals surface area (Å²) in [4.78, 5) is 4.13. The van der Waals surface area contributed by atoms with Gasteiger partial charge in [-0.05, 0) is 23.3 Å². The van der Waals surface area contributed by atoms with Gasteiger partial charge in [-0.3, -0.25) is 4.99 Å². The van der Waals surface area contributed by atoms with Crippen LogP contribution in [0.4, 0.5) is 8.78 Å². The van der Waals surface area contributed by atoms with Gasteiger partial charge in [-0.1, -0.05) is 42.5 Å². The Morgan fingerprint density at radius 3 is 2.30 bits per heavy atom. The largest absolute Gasteiger partial charge is 0.435 e. The fraction of sp³-hybridized carbons (Fsp3) is 0.235. The second-order valence-electron chi connectivity index (χ2n) is 4.79. The van der Waals surface area contributed by atoms with Crippen LogP contribution in [0.15, 0.2) is 59.6 Å². The molecular formula is C17H19F2N3O. The minimum Gasteiger partial charge on any atom is -0.435 e. The molecule has 0 aromatic heterocycles. The van der Waals surface area contributed by atoms with Crippen molar-refractivity contribution in [3.63, 3.8) is 0 Å². The average Bonchev–Trinajstić information content (AvgIpc) is 2.56. The third kappa shape index (κ3) is 5.94. The summed E-state index contributed by atoms with van der Waals surface area (Å²) in [6.45, 7) is -1.72. The predicted molar refractivity (Wildman–Crippen MR) is 86.6 cm³/mol. The number of hydrogen-bond donors (Lipinski definition) is 2. The van der Waals surface area contributed by atoms with Gasteiger partial charge in [-0.25, -0.2) is 0 Å². The van der Waals surface area contributed by atoms with E-state index < -0.39 is 6.61 Å². The molecule has 6 heteroatoms. The third-order valence-corrected chi connectivity index (χ3v) is 3.11. The lowest BCUT2D eigenvalue weighted by Crippen LogP contribution is -2.36. The van der Waals surface area contributed by atoms with E-state index in [0.29, 0.717) is 19.0 Å². The summed E-state index contributed by atoms with van der Waals surface area (Å²) in [5.74, 6) is 0.778. The molecule has 0 saturated heterocycles. The molecular weight excluding hydrogens is 300 g/mol. The number of halogens is 2. The molecule has 0 aliphatic carbocycles. The third-order valence-electron chi connectivity index (χ3n) is 3.11. The van der Waals surface area contributed by atoms with E-state index in [-0.39, 0.29) is 5.75 Å². The van der Waals surface area contributed by atoms with E-state index in [4.69, 9.17) is 0 Å². The zero-order chi connectivity index (χ0) is 16.5. The quantitative estimate of drug-likeness (QED) is 0.635. The van der Waals surface area contributed by atoms with Crippen LogP contribution >= 0.6 is 0 Å². The number of nitrogens with one attached hydrogen (secondary N) is 2. The van der Waals surface area contributed by atoms with Crippen molar-refractivity contribution in [3.05, 3.63) is 65.7 Å². The van der Waals surface area contributed by atoms with Crippen LogP contribution in [0.5, 0.6) is 5.75 Å². The molecule has 0 heterocycles. The molecule has 0 saturated carbocycles. The molecule has 0 amide bonds. The summed E-state index contributed by atoms with van der Waals surface area (Å²) in [7, 11) is 1.68. The molecule has 0 bridgehead atoms. The van der Waals surface area contributed by atoms with Gasteiger partial charge >= 0.3 is 6.61 Å². The van der Waals surface area contributed by atoms with Gasteiger partial charge in [0.2, 0.25) is 0 Å². The Hall–Kier alpha value is -2.63. The van der Waals surface area contributed by atoms with Crippen LogP contribution in [0.25, 0.3) is 0 Å². The molecule has 0 atom stereocenters. The maximum atomic E-state index is 12.2. The zero-order valence-corrected chi connectivity index (χ0v) is 12.8. The molecule has 0 radical (unpaired) electrons. The zero-order valence-electron chi connectivity index (χ0n) is 12.8. The minimum absolute atomic E-state index is 0.145. The van der Waals surface area contributed by atoms with Gasteiger partial charge in [-0.15, -0.1) is 0 Å². The Labute approximate surface area is 134 Å². The maximum Gasteiger partial charge on any atom is 0.387 e. The van der Waals surface area contributed by atoms with Gasteiger partial charge in [0.15, 0.2) is 5.96 Å². The number of hydrogen-bond acceptors (Lipinski definition) is 2. The highest BCUT2D eigenvalue weighted by molar-refractivity contribution is 5.79. The average molecular weight is 319 g/mol.